The summed E-state index contributed by atoms with van der Waals surface area (Å²) in [6, 6.07) is 8.18. The molecule has 0 bridgehead atoms. The van der Waals surface area contributed by atoms with Crippen LogP contribution in [0.5, 0.6) is 0 Å². The minimum atomic E-state index is -1.92. The third-order valence-electron chi connectivity index (χ3n) is 4.36. The average molecular weight is 368 g/mol. The van der Waals surface area contributed by atoms with Gasteiger partial charge in [0.15, 0.2) is 11.6 Å². The van der Waals surface area contributed by atoms with Crippen molar-refractivity contribution < 1.29 is 32.9 Å². The second-order valence-electron chi connectivity index (χ2n) is 5.73. The molecule has 0 aliphatic carbocycles. The molecule has 1 rings (SSSR count). The van der Waals surface area contributed by atoms with E-state index in [1.807, 2.05) is 0 Å². The maximum Gasteiger partial charge on any atom is 0.323 e. The first-order valence-electron chi connectivity index (χ1n) is 7.94. The molecule has 0 aliphatic rings. The summed E-state index contributed by atoms with van der Waals surface area (Å²) in [5, 5.41) is 0. The van der Waals surface area contributed by atoms with E-state index in [4.69, 9.17) is 18.9 Å². The first-order valence-corrected chi connectivity index (χ1v) is 7.94. The quantitative estimate of drug-likeness (QED) is 0.274. The zero-order valence-electron chi connectivity index (χ0n) is 15.5. The fourth-order valence-electron chi connectivity index (χ4n) is 2.92. The van der Waals surface area contributed by atoms with Crippen LogP contribution in [0.2, 0.25) is 0 Å². The molecule has 0 aliphatic heterocycles. The fraction of sp³-hybridized carbons (Fsp3) is 0.474. The SMILES string of the molecule is C=CCC(CC(OC)(OC)C(F)c1ccccc1)(C(=O)OC)C(=O)OC. The van der Waals surface area contributed by atoms with Gasteiger partial charge in [-0.1, -0.05) is 36.4 Å². The van der Waals surface area contributed by atoms with E-state index in [1.165, 1.54) is 20.3 Å². The molecule has 1 atom stereocenters. The smallest absolute Gasteiger partial charge is 0.323 e. The molecule has 0 spiro atoms. The Morgan fingerprint density at radius 2 is 1.58 bits per heavy atom. The van der Waals surface area contributed by atoms with Crippen LogP contribution in [-0.2, 0) is 28.5 Å². The fourth-order valence-corrected chi connectivity index (χ4v) is 2.92. The predicted octanol–water partition coefficient (Wildman–Crippen LogP) is 2.98. The van der Waals surface area contributed by atoms with Crippen molar-refractivity contribution in [2.75, 3.05) is 28.4 Å². The van der Waals surface area contributed by atoms with Crippen LogP contribution in [0.1, 0.15) is 24.6 Å². The molecule has 0 saturated heterocycles. The number of carbonyl (C=O) groups excluding carboxylic acids is 2. The number of rotatable bonds is 10. The zero-order chi connectivity index (χ0) is 19.8. The number of alkyl halides is 1. The first kappa shape index (κ1) is 21.8. The summed E-state index contributed by atoms with van der Waals surface area (Å²) in [7, 11) is 4.75. The summed E-state index contributed by atoms with van der Waals surface area (Å²) < 4.78 is 35.7. The number of hydrogen-bond donors (Lipinski definition) is 0. The molecule has 6 nitrogen and oxygen atoms in total. The molecular weight excluding hydrogens is 343 g/mol. The summed E-state index contributed by atoms with van der Waals surface area (Å²) >= 11 is 0. The third kappa shape index (κ3) is 4.11. The molecule has 7 heteroatoms. The lowest BCUT2D eigenvalue weighted by Gasteiger charge is -2.40. The van der Waals surface area contributed by atoms with Gasteiger partial charge in [-0.3, -0.25) is 9.59 Å². The maximum absolute atomic E-state index is 15.4. The van der Waals surface area contributed by atoms with E-state index in [2.05, 4.69) is 6.58 Å². The van der Waals surface area contributed by atoms with Gasteiger partial charge in [0.2, 0.25) is 5.79 Å². The van der Waals surface area contributed by atoms with Crippen molar-refractivity contribution in [3.8, 4) is 0 Å². The highest BCUT2D eigenvalue weighted by molar-refractivity contribution is 6.00. The second kappa shape index (κ2) is 9.45. The van der Waals surface area contributed by atoms with Crippen LogP contribution in [0.3, 0.4) is 0 Å². The van der Waals surface area contributed by atoms with Gasteiger partial charge in [0, 0.05) is 20.6 Å². The van der Waals surface area contributed by atoms with Crippen molar-refractivity contribution in [2.45, 2.75) is 24.8 Å². The minimum Gasteiger partial charge on any atom is -0.468 e. The molecule has 0 radical (unpaired) electrons. The molecule has 0 saturated carbocycles. The van der Waals surface area contributed by atoms with Gasteiger partial charge < -0.3 is 18.9 Å². The molecule has 1 aromatic rings. The number of esters is 2. The number of allylic oxidation sites excluding steroid dienone is 1. The Morgan fingerprint density at radius 3 is 1.96 bits per heavy atom. The van der Waals surface area contributed by atoms with E-state index in [0.29, 0.717) is 0 Å². The largest absolute Gasteiger partial charge is 0.468 e. The monoisotopic (exact) mass is 368 g/mol. The Kier molecular flexibility index (Phi) is 7.92. The molecule has 0 N–H and O–H groups in total. The van der Waals surface area contributed by atoms with Gasteiger partial charge in [0.25, 0.3) is 0 Å². The van der Waals surface area contributed by atoms with Gasteiger partial charge in [0.1, 0.15) is 0 Å². The van der Waals surface area contributed by atoms with Gasteiger partial charge in [-0.2, -0.15) is 0 Å². The summed E-state index contributed by atoms with van der Waals surface area (Å²) in [4.78, 5) is 25.0. The van der Waals surface area contributed by atoms with Crippen molar-refractivity contribution >= 4 is 11.9 Å². The Bertz CT molecular complexity index is 596. The Labute approximate surface area is 152 Å². The van der Waals surface area contributed by atoms with E-state index in [1.54, 1.807) is 30.3 Å². The number of benzene rings is 1. The molecule has 1 unspecified atom stereocenters. The minimum absolute atomic E-state index is 0.137. The lowest BCUT2D eigenvalue weighted by molar-refractivity contribution is -0.263. The normalized spacial score (nSPS) is 13.0. The van der Waals surface area contributed by atoms with Crippen molar-refractivity contribution in [1.82, 2.24) is 0 Å². The summed E-state index contributed by atoms with van der Waals surface area (Å²) in [6.07, 6.45) is -1.02. The van der Waals surface area contributed by atoms with Crippen LogP contribution in [0.4, 0.5) is 4.39 Å². The van der Waals surface area contributed by atoms with E-state index >= 15 is 4.39 Å². The molecule has 26 heavy (non-hydrogen) atoms. The topological polar surface area (TPSA) is 71.1 Å². The molecular formula is C19H25FO6. The van der Waals surface area contributed by atoms with Crippen molar-refractivity contribution in [2.24, 2.45) is 5.41 Å². The van der Waals surface area contributed by atoms with E-state index in [9.17, 15) is 9.59 Å². The molecule has 0 heterocycles. The molecule has 0 fully saturated rings. The molecule has 0 aromatic heterocycles. The molecule has 144 valence electrons. The van der Waals surface area contributed by atoms with Gasteiger partial charge in [-0.25, -0.2) is 4.39 Å². The van der Waals surface area contributed by atoms with Gasteiger partial charge in [-0.15, -0.1) is 6.58 Å². The van der Waals surface area contributed by atoms with Crippen LogP contribution < -0.4 is 0 Å². The summed E-state index contributed by atoms with van der Waals surface area (Å²) in [5.74, 6) is -3.70. The highest BCUT2D eigenvalue weighted by Gasteiger charge is 2.56. The number of ether oxygens (including phenoxy) is 4. The lowest BCUT2D eigenvalue weighted by atomic mass is 9.76. The average Bonchev–Trinajstić information content (AvgIpc) is 2.70. The predicted molar refractivity (Wildman–Crippen MR) is 92.9 cm³/mol. The van der Waals surface area contributed by atoms with Crippen molar-refractivity contribution in [3.63, 3.8) is 0 Å². The van der Waals surface area contributed by atoms with Gasteiger partial charge in [-0.05, 0) is 12.0 Å². The van der Waals surface area contributed by atoms with Crippen LogP contribution in [0.15, 0.2) is 43.0 Å². The van der Waals surface area contributed by atoms with Gasteiger partial charge in [0.05, 0.1) is 14.2 Å². The Balaban J connectivity index is 3.47. The molecule has 1 aromatic carbocycles. The van der Waals surface area contributed by atoms with Crippen LogP contribution in [-0.4, -0.2) is 46.2 Å². The number of halogens is 1. The standard InChI is InChI=1S/C19H25FO6/c1-6-12-18(16(21)23-2,17(22)24-3)13-19(25-4,26-5)15(20)14-10-8-7-9-11-14/h6-11,15H,1,12-13H2,2-5H3. The van der Waals surface area contributed by atoms with E-state index in [0.717, 1.165) is 14.2 Å². The van der Waals surface area contributed by atoms with Crippen LogP contribution in [0.25, 0.3) is 0 Å². The highest BCUT2D eigenvalue weighted by Crippen LogP contribution is 2.44. The van der Waals surface area contributed by atoms with Crippen LogP contribution in [0, 0.1) is 5.41 Å². The lowest BCUT2D eigenvalue weighted by Crippen LogP contribution is -2.51. The van der Waals surface area contributed by atoms with E-state index in [-0.39, 0.29) is 12.0 Å². The second-order valence-corrected chi connectivity index (χ2v) is 5.73. The van der Waals surface area contributed by atoms with Crippen molar-refractivity contribution in [1.29, 1.82) is 0 Å². The third-order valence-corrected chi connectivity index (χ3v) is 4.36. The number of carbonyl (C=O) groups is 2. The van der Waals surface area contributed by atoms with E-state index < -0.39 is 35.7 Å². The molecule has 0 amide bonds. The Morgan fingerprint density at radius 1 is 1.08 bits per heavy atom. The summed E-state index contributed by atoms with van der Waals surface area (Å²) in [6.45, 7) is 3.57. The Hall–Kier alpha value is -2.25. The highest BCUT2D eigenvalue weighted by atomic mass is 19.1. The zero-order valence-corrected chi connectivity index (χ0v) is 15.5. The van der Waals surface area contributed by atoms with Crippen molar-refractivity contribution in [3.05, 3.63) is 48.6 Å². The van der Waals surface area contributed by atoms with Crippen LogP contribution >= 0.6 is 0 Å². The number of hydrogen-bond acceptors (Lipinski definition) is 6. The summed E-state index contributed by atoms with van der Waals surface area (Å²) in [5.41, 5.74) is -1.59. The maximum atomic E-state index is 15.4. The first-order chi connectivity index (χ1) is 12.4. The number of methoxy groups -OCH3 is 4. The van der Waals surface area contributed by atoms with Gasteiger partial charge >= 0.3 is 11.9 Å².